The molecule has 3 aromatic rings. The Labute approximate surface area is 222 Å². The molecule has 0 atom stereocenters. The molecule has 38 heavy (non-hydrogen) atoms. The number of nitrogens with one attached hydrogen (secondary N) is 1. The molecule has 0 bridgehead atoms. The minimum atomic E-state index is -0.778. The van der Waals surface area contributed by atoms with Crippen LogP contribution in [0.5, 0.6) is 17.2 Å². The molecule has 0 spiro atoms. The van der Waals surface area contributed by atoms with Crippen molar-refractivity contribution in [2.45, 2.75) is 39.7 Å². The van der Waals surface area contributed by atoms with Crippen molar-refractivity contribution in [1.82, 2.24) is 10.3 Å². The first kappa shape index (κ1) is 28.5. The molecule has 10 heteroatoms. The fourth-order valence-corrected chi connectivity index (χ4v) is 3.87. The number of rotatable bonds is 12. The first-order chi connectivity index (χ1) is 18.1. The van der Waals surface area contributed by atoms with Crippen molar-refractivity contribution in [3.05, 3.63) is 53.2 Å². The van der Waals surface area contributed by atoms with Crippen molar-refractivity contribution in [3.63, 3.8) is 0 Å². The molecule has 10 nitrogen and oxygen atoms in total. The van der Waals surface area contributed by atoms with Gasteiger partial charge in [0.15, 0.2) is 11.5 Å². The number of hydrogen-bond donors (Lipinski definition) is 3. The normalized spacial score (nSPS) is 11.2. The van der Waals surface area contributed by atoms with Crippen LogP contribution in [0.4, 0.5) is 5.69 Å². The van der Waals surface area contributed by atoms with E-state index in [0.29, 0.717) is 52.4 Å². The zero-order valence-corrected chi connectivity index (χ0v) is 22.4. The second-order valence-electron chi connectivity index (χ2n) is 9.27. The number of ether oxygens (including phenoxy) is 4. The number of methoxy groups -OCH3 is 1. The third-order valence-corrected chi connectivity index (χ3v) is 5.70. The first-order valence-electron chi connectivity index (χ1n) is 12.3. The van der Waals surface area contributed by atoms with Gasteiger partial charge in [-0.1, -0.05) is 6.07 Å². The van der Waals surface area contributed by atoms with Crippen molar-refractivity contribution < 1.29 is 33.6 Å². The molecular weight excluding hydrogens is 490 g/mol. The van der Waals surface area contributed by atoms with Gasteiger partial charge in [0.1, 0.15) is 17.9 Å². The lowest BCUT2D eigenvalue weighted by molar-refractivity contribution is 0.0526. The predicted octanol–water partition coefficient (Wildman–Crippen LogP) is 3.66. The molecule has 0 aliphatic heterocycles. The molecule has 1 aromatic heterocycles. The molecule has 0 fully saturated rings. The van der Waals surface area contributed by atoms with E-state index in [1.807, 2.05) is 13.8 Å². The summed E-state index contributed by atoms with van der Waals surface area (Å²) in [6.45, 7) is 7.76. The van der Waals surface area contributed by atoms with Crippen LogP contribution >= 0.6 is 0 Å². The van der Waals surface area contributed by atoms with Gasteiger partial charge in [0.2, 0.25) is 0 Å². The Bertz CT molecular complexity index is 1310. The van der Waals surface area contributed by atoms with E-state index < -0.39 is 11.5 Å². The van der Waals surface area contributed by atoms with E-state index in [9.17, 15) is 9.59 Å². The topological polar surface area (TPSA) is 142 Å². The van der Waals surface area contributed by atoms with Gasteiger partial charge in [0.05, 0.1) is 48.1 Å². The van der Waals surface area contributed by atoms with E-state index in [0.717, 1.165) is 0 Å². The van der Waals surface area contributed by atoms with E-state index in [1.165, 1.54) is 7.11 Å². The average molecular weight is 526 g/mol. The summed E-state index contributed by atoms with van der Waals surface area (Å²) >= 11 is 0. The lowest BCUT2D eigenvalue weighted by Crippen LogP contribution is -2.47. The molecule has 0 aliphatic carbocycles. The number of pyridine rings is 1. The molecule has 0 aliphatic rings. The van der Waals surface area contributed by atoms with Crippen molar-refractivity contribution in [3.8, 4) is 17.2 Å². The van der Waals surface area contributed by atoms with Crippen LogP contribution < -0.4 is 25.3 Å². The van der Waals surface area contributed by atoms with Crippen LogP contribution in [0.1, 0.15) is 53.6 Å². The molecule has 0 radical (unpaired) electrons. The maximum absolute atomic E-state index is 13.0. The maximum atomic E-state index is 13.0. The fraction of sp³-hybridized carbons (Fsp3) is 0.393. The lowest BCUT2D eigenvalue weighted by Gasteiger charge is -2.27. The lowest BCUT2D eigenvalue weighted by atomic mass is 10.0. The Morgan fingerprint density at radius 1 is 1.11 bits per heavy atom. The number of nitrogen functional groups attached to an aromatic ring is 1. The van der Waals surface area contributed by atoms with Gasteiger partial charge >= 0.3 is 5.97 Å². The average Bonchev–Trinajstić information content (AvgIpc) is 2.87. The SMILES string of the molecule is CCOC(=O)c1c(C)nc2cccc(OCC(C)(C)NC(=O)c3ccc(OCCCO)c(OC)c3)c2c1N. The summed E-state index contributed by atoms with van der Waals surface area (Å²) in [6.07, 6.45) is 0.488. The number of carbonyl (C=O) groups is 2. The van der Waals surface area contributed by atoms with Crippen LogP contribution in [0, 0.1) is 6.92 Å². The van der Waals surface area contributed by atoms with Crippen molar-refractivity contribution in [2.75, 3.05) is 39.3 Å². The van der Waals surface area contributed by atoms with Gasteiger partial charge in [-0.2, -0.15) is 0 Å². The summed E-state index contributed by atoms with van der Waals surface area (Å²) in [5.41, 5.74) is 7.51. The van der Waals surface area contributed by atoms with E-state index >= 15 is 0 Å². The summed E-state index contributed by atoms with van der Waals surface area (Å²) in [5, 5.41) is 12.4. The summed E-state index contributed by atoms with van der Waals surface area (Å²) in [5.74, 6) is 0.472. The number of hydrogen-bond acceptors (Lipinski definition) is 9. The van der Waals surface area contributed by atoms with Gasteiger partial charge in [0, 0.05) is 18.6 Å². The Morgan fingerprint density at radius 2 is 1.87 bits per heavy atom. The zero-order chi connectivity index (χ0) is 27.9. The van der Waals surface area contributed by atoms with E-state index in [2.05, 4.69) is 10.3 Å². The quantitative estimate of drug-likeness (QED) is 0.238. The van der Waals surface area contributed by atoms with Crippen molar-refractivity contribution in [2.24, 2.45) is 0 Å². The Morgan fingerprint density at radius 3 is 2.55 bits per heavy atom. The van der Waals surface area contributed by atoms with E-state index in [4.69, 9.17) is 29.8 Å². The Kier molecular flexibility index (Phi) is 9.35. The second-order valence-corrected chi connectivity index (χ2v) is 9.27. The van der Waals surface area contributed by atoms with Crippen molar-refractivity contribution in [1.29, 1.82) is 0 Å². The number of nitrogens with zero attached hydrogens (tertiary/aromatic N) is 1. The van der Waals surface area contributed by atoms with Gasteiger partial charge in [-0.15, -0.1) is 0 Å². The van der Waals surface area contributed by atoms with Crippen LogP contribution in [-0.2, 0) is 4.74 Å². The highest BCUT2D eigenvalue weighted by molar-refractivity contribution is 6.07. The van der Waals surface area contributed by atoms with Crippen LogP contribution in [0.15, 0.2) is 36.4 Å². The summed E-state index contributed by atoms with van der Waals surface area (Å²) < 4.78 is 22.2. The van der Waals surface area contributed by atoms with Gasteiger partial charge in [0.25, 0.3) is 5.91 Å². The minimum Gasteiger partial charge on any atom is -0.493 e. The number of benzene rings is 2. The number of aliphatic hydroxyl groups is 1. The largest absolute Gasteiger partial charge is 0.493 e. The molecule has 1 amide bonds. The van der Waals surface area contributed by atoms with E-state index in [1.54, 1.807) is 50.2 Å². The fourth-order valence-electron chi connectivity index (χ4n) is 3.87. The summed E-state index contributed by atoms with van der Waals surface area (Å²) in [6, 6.07) is 10.2. The molecule has 0 saturated heterocycles. The summed E-state index contributed by atoms with van der Waals surface area (Å²) in [7, 11) is 1.49. The molecule has 3 rings (SSSR count). The van der Waals surface area contributed by atoms with E-state index in [-0.39, 0.29) is 37.0 Å². The second kappa shape index (κ2) is 12.5. The van der Waals surface area contributed by atoms with Crippen LogP contribution in [0.3, 0.4) is 0 Å². The van der Waals surface area contributed by atoms with Gasteiger partial charge in [-0.05, 0) is 58.0 Å². The minimum absolute atomic E-state index is 0.0219. The molecule has 2 aromatic carbocycles. The number of amides is 1. The number of carbonyl (C=O) groups excluding carboxylic acids is 2. The highest BCUT2D eigenvalue weighted by Gasteiger charge is 2.25. The number of anilines is 1. The molecule has 0 unspecified atom stereocenters. The number of esters is 1. The monoisotopic (exact) mass is 525 g/mol. The number of fused-ring (bicyclic) bond motifs is 1. The van der Waals surface area contributed by atoms with Crippen LogP contribution in [0.2, 0.25) is 0 Å². The first-order valence-corrected chi connectivity index (χ1v) is 12.3. The smallest absolute Gasteiger partial charge is 0.342 e. The number of nitrogens with two attached hydrogens (primary N) is 1. The molecule has 0 saturated carbocycles. The van der Waals surface area contributed by atoms with Gasteiger partial charge in [-0.25, -0.2) is 4.79 Å². The number of aromatic nitrogens is 1. The highest BCUT2D eigenvalue weighted by atomic mass is 16.5. The van der Waals surface area contributed by atoms with Crippen LogP contribution in [-0.4, -0.2) is 61.0 Å². The molecular formula is C28H35N3O7. The highest BCUT2D eigenvalue weighted by Crippen LogP contribution is 2.34. The van der Waals surface area contributed by atoms with Crippen LogP contribution in [0.25, 0.3) is 10.9 Å². The zero-order valence-electron chi connectivity index (χ0n) is 22.4. The molecule has 4 N–H and O–H groups in total. The number of aryl methyl sites for hydroxylation is 1. The Balaban J connectivity index is 1.78. The summed E-state index contributed by atoms with van der Waals surface area (Å²) in [4.78, 5) is 30.0. The van der Waals surface area contributed by atoms with Crippen molar-refractivity contribution >= 4 is 28.5 Å². The third-order valence-electron chi connectivity index (χ3n) is 5.70. The standard InChI is InChI=1S/C28H35N3O7/c1-6-36-27(34)23-17(2)30-19-9-7-10-21(24(19)25(23)29)38-16-28(3,4)31-26(33)18-11-12-20(22(15-18)35-5)37-14-8-13-32/h7,9-12,15,32H,6,8,13-14,16H2,1-5H3,(H2,29,30)(H,31,33). The van der Waals surface area contributed by atoms with Gasteiger partial charge in [-0.3, -0.25) is 9.78 Å². The van der Waals surface area contributed by atoms with Gasteiger partial charge < -0.3 is 35.1 Å². The maximum Gasteiger partial charge on any atom is 0.342 e. The number of aliphatic hydroxyl groups excluding tert-OH is 1. The predicted molar refractivity (Wildman–Crippen MR) is 144 cm³/mol. The molecule has 1 heterocycles. The molecule has 204 valence electrons. The third kappa shape index (κ3) is 6.63. The Hall–Kier alpha value is -4.05.